The van der Waals surface area contributed by atoms with Crippen molar-refractivity contribution >= 4 is 15.8 Å². The smallest absolute Gasteiger partial charge is 0.328 e. The number of nitrogens with zero attached hydrogens (tertiary/aromatic N) is 1. The molecule has 0 spiro atoms. The van der Waals surface area contributed by atoms with Crippen molar-refractivity contribution in [1.29, 1.82) is 5.26 Å². The van der Waals surface area contributed by atoms with E-state index in [0.717, 1.165) is 0 Å². The largest absolute Gasteiger partial charge is 0.497 e. The summed E-state index contributed by atoms with van der Waals surface area (Å²) in [6, 6.07) is 8.64. The zero-order chi connectivity index (χ0) is 17.3. The third kappa shape index (κ3) is 2.68. The molecule has 6 nitrogen and oxygen atoms in total. The number of methoxy groups -OCH3 is 1. The molecule has 1 aliphatic rings. The third-order valence-electron chi connectivity index (χ3n) is 4.20. The van der Waals surface area contributed by atoms with Gasteiger partial charge in [0, 0.05) is 11.7 Å². The highest BCUT2D eigenvalue weighted by molar-refractivity contribution is 7.92. The summed E-state index contributed by atoms with van der Waals surface area (Å²) in [5.41, 5.74) is -1.05. The summed E-state index contributed by atoms with van der Waals surface area (Å²) >= 11 is 0. The Labute approximate surface area is 135 Å². The molecule has 0 aliphatic heterocycles. The predicted octanol–water partition coefficient (Wildman–Crippen LogP) is 1.67. The van der Waals surface area contributed by atoms with E-state index in [4.69, 9.17) is 9.47 Å². The zero-order valence-corrected chi connectivity index (χ0v) is 14.1. The zero-order valence-electron chi connectivity index (χ0n) is 13.3. The Bertz CT molecular complexity index is 735. The van der Waals surface area contributed by atoms with Crippen LogP contribution in [0.25, 0.3) is 0 Å². The lowest BCUT2D eigenvalue weighted by atomic mass is 10.0. The van der Waals surface area contributed by atoms with Crippen molar-refractivity contribution in [3.63, 3.8) is 0 Å². The summed E-state index contributed by atoms with van der Waals surface area (Å²) in [6.45, 7) is 3.22. The number of esters is 1. The van der Waals surface area contributed by atoms with Gasteiger partial charge in [0.05, 0.1) is 19.8 Å². The topological polar surface area (TPSA) is 93.5 Å². The first-order chi connectivity index (χ1) is 10.9. The minimum absolute atomic E-state index is 0.0937. The molecule has 0 aromatic heterocycles. The Morgan fingerprint density at radius 1 is 1.30 bits per heavy atom. The molecule has 0 N–H and O–H groups in total. The normalized spacial score (nSPS) is 26.2. The summed E-state index contributed by atoms with van der Waals surface area (Å²) in [6.07, 6.45) is 0. The van der Waals surface area contributed by atoms with Gasteiger partial charge in [-0.05, 0) is 24.6 Å². The van der Waals surface area contributed by atoms with Crippen molar-refractivity contribution in [2.24, 2.45) is 5.41 Å². The van der Waals surface area contributed by atoms with E-state index in [1.54, 1.807) is 31.2 Å². The molecule has 23 heavy (non-hydrogen) atoms. The highest BCUT2D eigenvalue weighted by Crippen LogP contribution is 2.63. The lowest BCUT2D eigenvalue weighted by Crippen LogP contribution is -2.26. The second kappa shape index (κ2) is 6.20. The molecule has 0 radical (unpaired) electrons. The van der Waals surface area contributed by atoms with Crippen molar-refractivity contribution in [3.8, 4) is 11.8 Å². The number of rotatable bonds is 6. The predicted molar refractivity (Wildman–Crippen MR) is 83.7 cm³/mol. The van der Waals surface area contributed by atoms with Gasteiger partial charge in [-0.25, -0.2) is 8.42 Å². The minimum Gasteiger partial charge on any atom is -0.497 e. The van der Waals surface area contributed by atoms with E-state index in [9.17, 15) is 18.5 Å². The quantitative estimate of drug-likeness (QED) is 0.733. The van der Waals surface area contributed by atoms with E-state index < -0.39 is 32.4 Å². The van der Waals surface area contributed by atoms with E-state index in [-0.39, 0.29) is 12.4 Å². The number of sulfone groups is 1. The van der Waals surface area contributed by atoms with Crippen LogP contribution in [-0.2, 0) is 19.4 Å². The van der Waals surface area contributed by atoms with E-state index in [1.807, 2.05) is 6.07 Å². The van der Waals surface area contributed by atoms with Crippen LogP contribution in [0, 0.1) is 16.7 Å². The van der Waals surface area contributed by atoms with Crippen LogP contribution in [-0.4, -0.2) is 39.1 Å². The molecule has 1 aromatic carbocycles. The molecule has 0 bridgehead atoms. The molecule has 1 aromatic rings. The molecular weight excluding hydrogens is 318 g/mol. The molecule has 1 fully saturated rings. The van der Waals surface area contributed by atoms with Crippen LogP contribution in [0.15, 0.2) is 24.3 Å². The number of hydrogen-bond acceptors (Lipinski definition) is 6. The van der Waals surface area contributed by atoms with Gasteiger partial charge >= 0.3 is 5.97 Å². The van der Waals surface area contributed by atoms with Crippen molar-refractivity contribution in [1.82, 2.24) is 0 Å². The van der Waals surface area contributed by atoms with E-state index in [2.05, 4.69) is 0 Å². The number of nitriles is 1. The summed E-state index contributed by atoms with van der Waals surface area (Å²) in [5.74, 6) is -1.01. The maximum Gasteiger partial charge on any atom is 0.328 e. The lowest BCUT2D eigenvalue weighted by molar-refractivity contribution is -0.147. The number of benzene rings is 1. The van der Waals surface area contributed by atoms with Crippen LogP contribution in [0.2, 0.25) is 0 Å². The maximum absolute atomic E-state index is 12.4. The highest BCUT2D eigenvalue weighted by Gasteiger charge is 2.77. The molecule has 7 heteroatoms. The van der Waals surface area contributed by atoms with E-state index in [1.165, 1.54) is 14.0 Å². The molecule has 1 saturated carbocycles. The first kappa shape index (κ1) is 17.3. The van der Waals surface area contributed by atoms with Crippen LogP contribution >= 0.6 is 0 Å². The molecular formula is C16H19NO5S. The van der Waals surface area contributed by atoms with Crippen molar-refractivity contribution in [3.05, 3.63) is 29.8 Å². The number of carbonyl (C=O) groups is 1. The van der Waals surface area contributed by atoms with Gasteiger partial charge in [0.1, 0.15) is 11.0 Å². The van der Waals surface area contributed by atoms with Crippen LogP contribution in [0.3, 0.4) is 0 Å². The van der Waals surface area contributed by atoms with E-state index >= 15 is 0 Å². The average molecular weight is 337 g/mol. The summed E-state index contributed by atoms with van der Waals surface area (Å²) in [5, 5.41) is 8.50. The fourth-order valence-corrected chi connectivity index (χ4v) is 4.88. The second-order valence-electron chi connectivity index (χ2n) is 5.32. The Kier molecular flexibility index (Phi) is 4.66. The Balaban J connectivity index is 2.50. The first-order valence-corrected chi connectivity index (χ1v) is 9.04. The molecule has 124 valence electrons. The SMILES string of the molecule is CCOC(=O)[C@]1(C#N)[C@@H](c2ccc(OC)cc2)[C@@H]1S(=O)(=O)CC. The minimum atomic E-state index is -3.58. The summed E-state index contributed by atoms with van der Waals surface area (Å²) in [4.78, 5) is 12.3. The third-order valence-corrected chi connectivity index (χ3v) is 6.42. The average Bonchev–Trinajstić information content (AvgIpc) is 3.26. The van der Waals surface area contributed by atoms with Gasteiger partial charge in [-0.1, -0.05) is 19.1 Å². The number of ether oxygens (including phenoxy) is 2. The number of hydrogen-bond donors (Lipinski definition) is 0. The van der Waals surface area contributed by atoms with Crippen LogP contribution in [0.1, 0.15) is 25.3 Å². The van der Waals surface area contributed by atoms with Crippen molar-refractivity contribution in [2.75, 3.05) is 19.5 Å². The van der Waals surface area contributed by atoms with Gasteiger partial charge < -0.3 is 9.47 Å². The van der Waals surface area contributed by atoms with Gasteiger partial charge in [-0.15, -0.1) is 0 Å². The Hall–Kier alpha value is -2.07. The maximum atomic E-state index is 12.4. The summed E-state index contributed by atoms with van der Waals surface area (Å²) in [7, 11) is -2.05. The first-order valence-electron chi connectivity index (χ1n) is 7.33. The molecule has 0 amide bonds. The van der Waals surface area contributed by atoms with Crippen molar-refractivity contribution in [2.45, 2.75) is 25.0 Å². The fourth-order valence-electron chi connectivity index (χ4n) is 2.95. The van der Waals surface area contributed by atoms with Crippen molar-refractivity contribution < 1.29 is 22.7 Å². The molecule has 2 rings (SSSR count). The molecule has 0 saturated heterocycles. The fraction of sp³-hybridized carbons (Fsp3) is 0.500. The van der Waals surface area contributed by atoms with Gasteiger partial charge in [0.25, 0.3) is 0 Å². The molecule has 1 aliphatic carbocycles. The summed E-state index contributed by atoms with van der Waals surface area (Å²) < 4.78 is 34.8. The van der Waals surface area contributed by atoms with E-state index in [0.29, 0.717) is 11.3 Å². The van der Waals surface area contributed by atoms with Gasteiger partial charge in [0.15, 0.2) is 15.3 Å². The molecule has 0 unspecified atom stereocenters. The Morgan fingerprint density at radius 2 is 1.91 bits per heavy atom. The lowest BCUT2D eigenvalue weighted by Gasteiger charge is -2.08. The molecule has 3 atom stereocenters. The Morgan fingerprint density at radius 3 is 2.35 bits per heavy atom. The molecule has 0 heterocycles. The van der Waals surface area contributed by atoms with Gasteiger partial charge in [-0.2, -0.15) is 5.26 Å². The van der Waals surface area contributed by atoms with Crippen LogP contribution in [0.4, 0.5) is 0 Å². The standard InChI is InChI=1S/C16H19NO5S/c1-4-22-15(18)16(10-17)13(14(16)23(19,20)5-2)11-6-8-12(21-3)9-7-11/h6-9,13-14H,4-5H2,1-3H3/t13-,14-,16+/m0/s1. The number of carbonyl (C=O) groups excluding carboxylic acids is 1. The van der Waals surface area contributed by atoms with Crippen LogP contribution < -0.4 is 4.74 Å². The monoisotopic (exact) mass is 337 g/mol. The van der Waals surface area contributed by atoms with Gasteiger partial charge in [0.2, 0.25) is 0 Å². The second-order valence-corrected chi connectivity index (χ2v) is 7.74. The van der Waals surface area contributed by atoms with Gasteiger partial charge in [-0.3, -0.25) is 4.79 Å². The van der Waals surface area contributed by atoms with Crippen LogP contribution in [0.5, 0.6) is 5.75 Å². The highest BCUT2D eigenvalue weighted by atomic mass is 32.2.